The minimum atomic E-state index is -0.876. The lowest BCUT2D eigenvalue weighted by molar-refractivity contribution is -0.118. The van der Waals surface area contributed by atoms with Crippen molar-refractivity contribution in [2.75, 3.05) is 0 Å². The summed E-state index contributed by atoms with van der Waals surface area (Å²) in [4.78, 5) is 10.7. The molecule has 17 heavy (non-hydrogen) atoms. The van der Waals surface area contributed by atoms with Crippen LogP contribution >= 0.6 is 0 Å². The van der Waals surface area contributed by atoms with Gasteiger partial charge in [0.2, 0.25) is 5.91 Å². The number of halogens is 2. The van der Waals surface area contributed by atoms with Crippen LogP contribution < -0.4 is 11.1 Å². The van der Waals surface area contributed by atoms with E-state index in [1.807, 2.05) is 0 Å². The number of primary amides is 1. The van der Waals surface area contributed by atoms with Gasteiger partial charge in [0.05, 0.1) is 0 Å². The first kappa shape index (κ1) is 13.6. The van der Waals surface area contributed by atoms with Crippen molar-refractivity contribution in [3.05, 3.63) is 35.4 Å². The third-order valence-corrected chi connectivity index (χ3v) is 2.49. The normalized spacial score (nSPS) is 14.4. The number of hydrogen-bond acceptors (Lipinski definition) is 2. The van der Waals surface area contributed by atoms with Gasteiger partial charge in [-0.3, -0.25) is 4.79 Å². The van der Waals surface area contributed by atoms with E-state index in [-0.39, 0.29) is 24.1 Å². The number of carbonyl (C=O) groups is 1. The van der Waals surface area contributed by atoms with Crippen LogP contribution in [0.25, 0.3) is 0 Å². The summed E-state index contributed by atoms with van der Waals surface area (Å²) in [6, 6.07) is 3.45. The summed E-state index contributed by atoms with van der Waals surface area (Å²) in [5, 5.41) is 2.99. The van der Waals surface area contributed by atoms with Crippen molar-refractivity contribution in [3.8, 4) is 0 Å². The SMILES string of the molecule is CC(CC(N)=O)NC(C)c1cccc(F)c1F. The molecule has 94 valence electrons. The fourth-order valence-electron chi connectivity index (χ4n) is 1.73. The number of benzene rings is 1. The van der Waals surface area contributed by atoms with Crippen molar-refractivity contribution in [2.45, 2.75) is 32.4 Å². The van der Waals surface area contributed by atoms with Crippen molar-refractivity contribution >= 4 is 5.91 Å². The van der Waals surface area contributed by atoms with Crippen LogP contribution in [-0.2, 0) is 4.79 Å². The summed E-state index contributed by atoms with van der Waals surface area (Å²) in [5.74, 6) is -2.17. The molecule has 1 aromatic carbocycles. The topological polar surface area (TPSA) is 55.1 Å². The van der Waals surface area contributed by atoms with Crippen molar-refractivity contribution in [1.82, 2.24) is 5.32 Å². The lowest BCUT2D eigenvalue weighted by atomic mass is 10.1. The number of hydrogen-bond donors (Lipinski definition) is 2. The zero-order chi connectivity index (χ0) is 13.0. The van der Waals surface area contributed by atoms with Crippen LogP contribution in [-0.4, -0.2) is 11.9 Å². The van der Waals surface area contributed by atoms with Gasteiger partial charge in [-0.15, -0.1) is 0 Å². The second-order valence-corrected chi connectivity index (χ2v) is 4.10. The van der Waals surface area contributed by atoms with Gasteiger partial charge in [-0.1, -0.05) is 12.1 Å². The Labute approximate surface area is 99.0 Å². The first-order valence-corrected chi connectivity index (χ1v) is 5.40. The van der Waals surface area contributed by atoms with E-state index in [0.29, 0.717) is 0 Å². The number of nitrogens with one attached hydrogen (secondary N) is 1. The lowest BCUT2D eigenvalue weighted by Crippen LogP contribution is -2.33. The Morgan fingerprint density at radius 3 is 2.65 bits per heavy atom. The standard InChI is InChI=1S/C12H16F2N2O/c1-7(6-11(15)17)16-8(2)9-4-3-5-10(13)12(9)14/h3-5,7-8,16H,6H2,1-2H3,(H2,15,17). The first-order valence-electron chi connectivity index (χ1n) is 5.40. The van der Waals surface area contributed by atoms with Gasteiger partial charge in [0.15, 0.2) is 11.6 Å². The van der Waals surface area contributed by atoms with Gasteiger partial charge in [0, 0.05) is 24.1 Å². The van der Waals surface area contributed by atoms with Crippen molar-refractivity contribution in [1.29, 1.82) is 0 Å². The molecule has 0 saturated carbocycles. The largest absolute Gasteiger partial charge is 0.370 e. The van der Waals surface area contributed by atoms with Crippen LogP contribution in [0.5, 0.6) is 0 Å². The molecule has 0 radical (unpaired) electrons. The molecule has 0 aliphatic carbocycles. The molecule has 0 heterocycles. The van der Waals surface area contributed by atoms with Gasteiger partial charge in [0.25, 0.3) is 0 Å². The molecule has 0 aliphatic rings. The van der Waals surface area contributed by atoms with Crippen molar-refractivity contribution in [2.24, 2.45) is 5.73 Å². The average Bonchev–Trinajstić information content (AvgIpc) is 2.20. The molecule has 0 aliphatic heterocycles. The van der Waals surface area contributed by atoms with Gasteiger partial charge in [-0.25, -0.2) is 8.78 Å². The number of carbonyl (C=O) groups excluding carboxylic acids is 1. The maximum atomic E-state index is 13.5. The maximum absolute atomic E-state index is 13.5. The van der Waals surface area contributed by atoms with E-state index < -0.39 is 17.5 Å². The Kier molecular flexibility index (Phi) is 4.57. The molecular weight excluding hydrogens is 226 g/mol. The van der Waals surface area contributed by atoms with E-state index in [4.69, 9.17) is 5.73 Å². The molecule has 1 aromatic rings. The van der Waals surface area contributed by atoms with Gasteiger partial charge in [0.1, 0.15) is 0 Å². The first-order chi connectivity index (χ1) is 7.91. The molecule has 3 N–H and O–H groups in total. The monoisotopic (exact) mass is 242 g/mol. The fourth-order valence-corrected chi connectivity index (χ4v) is 1.73. The Morgan fingerprint density at radius 2 is 2.06 bits per heavy atom. The summed E-state index contributed by atoms with van der Waals surface area (Å²) in [5.41, 5.74) is 5.29. The lowest BCUT2D eigenvalue weighted by Gasteiger charge is -2.19. The van der Waals surface area contributed by atoms with E-state index >= 15 is 0 Å². The highest BCUT2D eigenvalue weighted by Gasteiger charge is 2.16. The smallest absolute Gasteiger partial charge is 0.218 e. The van der Waals surface area contributed by atoms with E-state index in [1.54, 1.807) is 13.8 Å². The molecule has 0 fully saturated rings. The molecule has 1 rings (SSSR count). The summed E-state index contributed by atoms with van der Waals surface area (Å²) in [6.07, 6.45) is 0.154. The highest BCUT2D eigenvalue weighted by atomic mass is 19.2. The zero-order valence-electron chi connectivity index (χ0n) is 9.84. The number of rotatable bonds is 5. The van der Waals surface area contributed by atoms with E-state index in [2.05, 4.69) is 5.32 Å². The van der Waals surface area contributed by atoms with Crippen LogP contribution in [0.4, 0.5) is 8.78 Å². The molecule has 0 saturated heterocycles. The molecule has 5 heteroatoms. The second-order valence-electron chi connectivity index (χ2n) is 4.10. The van der Waals surface area contributed by atoms with Crippen LogP contribution in [0.1, 0.15) is 31.9 Å². The molecule has 3 nitrogen and oxygen atoms in total. The molecular formula is C12H16F2N2O. The summed E-state index contributed by atoms with van der Waals surface area (Å²) in [6.45, 7) is 3.47. The van der Waals surface area contributed by atoms with Crippen LogP contribution in [0.3, 0.4) is 0 Å². The third-order valence-electron chi connectivity index (χ3n) is 2.49. The highest BCUT2D eigenvalue weighted by Crippen LogP contribution is 2.19. The predicted molar refractivity (Wildman–Crippen MR) is 61.2 cm³/mol. The molecule has 0 bridgehead atoms. The third kappa shape index (κ3) is 3.78. The van der Waals surface area contributed by atoms with Gasteiger partial charge < -0.3 is 11.1 Å². The van der Waals surface area contributed by atoms with Gasteiger partial charge in [-0.05, 0) is 19.9 Å². The molecule has 0 spiro atoms. The Hall–Kier alpha value is -1.49. The minimum absolute atomic E-state index is 0.154. The van der Waals surface area contributed by atoms with Gasteiger partial charge >= 0.3 is 0 Å². The quantitative estimate of drug-likeness (QED) is 0.828. The summed E-state index contributed by atoms with van der Waals surface area (Å²) < 4.78 is 26.5. The summed E-state index contributed by atoms with van der Waals surface area (Å²) in [7, 11) is 0. The molecule has 2 atom stereocenters. The second kappa shape index (κ2) is 5.72. The summed E-state index contributed by atoms with van der Waals surface area (Å²) >= 11 is 0. The van der Waals surface area contributed by atoms with E-state index in [0.717, 1.165) is 6.07 Å². The molecule has 0 aromatic heterocycles. The fraction of sp³-hybridized carbons (Fsp3) is 0.417. The Balaban J connectivity index is 2.73. The molecule has 2 unspecified atom stereocenters. The van der Waals surface area contributed by atoms with Gasteiger partial charge in [-0.2, -0.15) is 0 Å². The van der Waals surface area contributed by atoms with Crippen LogP contribution in [0, 0.1) is 11.6 Å². The van der Waals surface area contributed by atoms with Crippen LogP contribution in [0.2, 0.25) is 0 Å². The number of amides is 1. The van der Waals surface area contributed by atoms with Crippen LogP contribution in [0.15, 0.2) is 18.2 Å². The number of nitrogens with two attached hydrogens (primary N) is 1. The Morgan fingerprint density at radius 1 is 1.41 bits per heavy atom. The van der Waals surface area contributed by atoms with Crippen molar-refractivity contribution < 1.29 is 13.6 Å². The average molecular weight is 242 g/mol. The van der Waals surface area contributed by atoms with E-state index in [1.165, 1.54) is 12.1 Å². The van der Waals surface area contributed by atoms with E-state index in [9.17, 15) is 13.6 Å². The minimum Gasteiger partial charge on any atom is -0.370 e. The highest BCUT2D eigenvalue weighted by molar-refractivity contribution is 5.74. The van der Waals surface area contributed by atoms with Crippen molar-refractivity contribution in [3.63, 3.8) is 0 Å². The zero-order valence-corrected chi connectivity index (χ0v) is 9.84. The molecule has 1 amide bonds. The Bertz CT molecular complexity index is 409. The maximum Gasteiger partial charge on any atom is 0.218 e. The predicted octanol–water partition coefficient (Wildman–Crippen LogP) is 1.88.